The van der Waals surface area contributed by atoms with Crippen LogP contribution in [0.25, 0.3) is 0 Å². The summed E-state index contributed by atoms with van der Waals surface area (Å²) in [5.74, 6) is -0.127. The smallest absolute Gasteiger partial charge is 0.314 e. The fraction of sp³-hybridized carbons (Fsp3) is 0.850. The molecule has 0 radical (unpaired) electrons. The molecule has 1 amide bonds. The van der Waals surface area contributed by atoms with Crippen molar-refractivity contribution in [3.63, 3.8) is 0 Å². The molecule has 0 bridgehead atoms. The highest BCUT2D eigenvalue weighted by molar-refractivity contribution is 6.90. The van der Waals surface area contributed by atoms with Gasteiger partial charge >= 0.3 is 25.7 Å². The van der Waals surface area contributed by atoms with Crippen molar-refractivity contribution in [3.8, 4) is 0 Å². The first-order valence-corrected chi connectivity index (χ1v) is 26.2. The maximum atomic E-state index is 11.3. The Hall–Kier alpha value is 0.134. The van der Waals surface area contributed by atoms with Crippen molar-refractivity contribution >= 4 is 48.2 Å². The van der Waals surface area contributed by atoms with Gasteiger partial charge in [-0.05, 0) is 90.1 Å². The van der Waals surface area contributed by atoms with Gasteiger partial charge in [0.05, 0.1) is 0 Å². The van der Waals surface area contributed by atoms with Crippen LogP contribution in [-0.2, 0) is 21.3 Å². The van der Waals surface area contributed by atoms with Crippen LogP contribution in [0.3, 0.4) is 0 Å². The van der Waals surface area contributed by atoms with Crippen molar-refractivity contribution in [1.29, 1.82) is 0 Å². The molecule has 0 saturated carbocycles. The molecule has 0 aromatic heterocycles. The fourth-order valence-corrected chi connectivity index (χ4v) is 28.9. The number of hydrogen-bond donors (Lipinski definition) is 1. The van der Waals surface area contributed by atoms with Gasteiger partial charge in [0.2, 0.25) is 5.91 Å². The van der Waals surface area contributed by atoms with E-state index in [1.54, 1.807) is 0 Å². The first-order chi connectivity index (χ1) is 13.8. The summed E-state index contributed by atoms with van der Waals surface area (Å²) in [6, 6.07) is 2.14. The Balaban J connectivity index is 4.85. The minimum atomic E-state index is -2.41. The van der Waals surface area contributed by atoms with Gasteiger partial charge < -0.3 is 21.8 Å². The van der Waals surface area contributed by atoms with Crippen LogP contribution in [0.4, 0.5) is 0 Å². The average Bonchev–Trinajstić information content (AvgIpc) is 2.52. The molecule has 0 heterocycles. The molecule has 0 aliphatic heterocycles. The SMILES string of the molecule is C=CC(=O)NCCC[Si](C)(C)O[Si](C)(C)O[Si](C)(C)O[Si](C)(C)O[Si](C)(C)CCCC. The van der Waals surface area contributed by atoms with Gasteiger partial charge in [-0.15, -0.1) is 0 Å². The second-order valence-electron chi connectivity index (χ2n) is 10.8. The topological polar surface area (TPSA) is 66.0 Å². The minimum absolute atomic E-state index is 0.127. The van der Waals surface area contributed by atoms with E-state index in [1.807, 2.05) is 0 Å². The quantitative estimate of drug-likeness (QED) is 0.151. The Bertz CT molecular complexity index is 582. The third-order valence-corrected chi connectivity index (χ3v) is 23.9. The van der Waals surface area contributed by atoms with Crippen LogP contribution in [0, 0.1) is 0 Å². The summed E-state index contributed by atoms with van der Waals surface area (Å²) in [4.78, 5) is 11.3. The second-order valence-corrected chi connectivity index (χ2v) is 30.5. The molecule has 0 saturated heterocycles. The molecule has 0 aromatic rings. The van der Waals surface area contributed by atoms with Crippen LogP contribution in [-0.4, -0.2) is 54.8 Å². The zero-order valence-electron chi connectivity index (χ0n) is 22.1. The van der Waals surface area contributed by atoms with E-state index in [2.05, 4.69) is 84.3 Å². The lowest BCUT2D eigenvalue weighted by Gasteiger charge is -2.42. The Morgan fingerprint density at radius 3 is 1.52 bits per heavy atom. The molecule has 0 aromatic carbocycles. The number of carbonyl (C=O) groups excluding carboxylic acids is 1. The molecule has 0 unspecified atom stereocenters. The van der Waals surface area contributed by atoms with Crippen molar-refractivity contribution in [2.24, 2.45) is 0 Å². The lowest BCUT2D eigenvalue weighted by Crippen LogP contribution is -2.58. The molecule has 0 aliphatic carbocycles. The standard InChI is InChI=1S/C20H49NO5Si5/c1-13-15-18-27(3,4)23-29(7,8)25-31(11,12)26-30(9,10)24-28(5,6)19-16-17-21-20(22)14-2/h14H,2,13,15-19H2,1,3-12H3,(H,21,22). The van der Waals surface area contributed by atoms with E-state index in [4.69, 9.17) is 16.5 Å². The van der Waals surface area contributed by atoms with Crippen LogP contribution in [0.15, 0.2) is 12.7 Å². The van der Waals surface area contributed by atoms with Gasteiger partial charge in [-0.1, -0.05) is 26.3 Å². The largest absolute Gasteiger partial charge is 0.436 e. The number of amides is 1. The summed E-state index contributed by atoms with van der Waals surface area (Å²) < 4.78 is 26.5. The minimum Gasteiger partial charge on any atom is -0.436 e. The van der Waals surface area contributed by atoms with Crippen LogP contribution in [0.5, 0.6) is 0 Å². The van der Waals surface area contributed by atoms with E-state index in [9.17, 15) is 4.79 Å². The van der Waals surface area contributed by atoms with Gasteiger partial charge in [0.15, 0.2) is 16.6 Å². The Morgan fingerprint density at radius 2 is 1.13 bits per heavy atom. The number of unbranched alkanes of at least 4 members (excludes halogenated alkanes) is 1. The van der Waals surface area contributed by atoms with Gasteiger partial charge in [0.25, 0.3) is 0 Å². The highest BCUT2D eigenvalue weighted by atomic mass is 28.5. The molecule has 0 atom stereocenters. The van der Waals surface area contributed by atoms with Gasteiger partial charge in [0, 0.05) is 6.54 Å². The summed E-state index contributed by atoms with van der Waals surface area (Å²) >= 11 is 0. The number of nitrogens with one attached hydrogen (secondary N) is 1. The highest BCUT2D eigenvalue weighted by Gasteiger charge is 2.45. The van der Waals surface area contributed by atoms with Crippen LogP contribution in [0.2, 0.25) is 77.6 Å². The van der Waals surface area contributed by atoms with Gasteiger partial charge in [0.1, 0.15) is 0 Å². The van der Waals surface area contributed by atoms with E-state index in [0.29, 0.717) is 6.54 Å². The van der Waals surface area contributed by atoms with Crippen LogP contribution >= 0.6 is 0 Å². The monoisotopic (exact) mass is 523 g/mol. The molecule has 0 rings (SSSR count). The van der Waals surface area contributed by atoms with Crippen molar-refractivity contribution < 1.29 is 21.3 Å². The summed E-state index contributed by atoms with van der Waals surface area (Å²) in [5, 5.41) is 2.83. The van der Waals surface area contributed by atoms with E-state index >= 15 is 0 Å². The molecule has 1 N–H and O–H groups in total. The predicted molar refractivity (Wildman–Crippen MR) is 144 cm³/mol. The van der Waals surface area contributed by atoms with Crippen molar-refractivity contribution in [2.45, 2.75) is 104 Å². The third-order valence-electron chi connectivity index (χ3n) is 4.60. The molecule has 184 valence electrons. The first-order valence-electron chi connectivity index (χ1n) is 11.6. The van der Waals surface area contributed by atoms with Gasteiger partial charge in [-0.3, -0.25) is 4.79 Å². The third kappa shape index (κ3) is 15.6. The first kappa shape index (κ1) is 31.1. The maximum Gasteiger partial charge on any atom is 0.314 e. The number of hydrogen-bond acceptors (Lipinski definition) is 5. The Labute approximate surface area is 197 Å². The van der Waals surface area contributed by atoms with Crippen molar-refractivity contribution in [1.82, 2.24) is 5.32 Å². The molecule has 0 aliphatic rings. The van der Waals surface area contributed by atoms with Crippen molar-refractivity contribution in [3.05, 3.63) is 12.7 Å². The van der Waals surface area contributed by atoms with E-state index in [-0.39, 0.29) is 5.91 Å². The summed E-state index contributed by atoms with van der Waals surface area (Å²) in [6.45, 7) is 28.1. The van der Waals surface area contributed by atoms with E-state index in [1.165, 1.54) is 25.0 Å². The summed E-state index contributed by atoms with van der Waals surface area (Å²) in [6.07, 6.45) is 4.61. The van der Waals surface area contributed by atoms with Crippen LogP contribution in [0.1, 0.15) is 26.2 Å². The van der Waals surface area contributed by atoms with Gasteiger partial charge in [-0.2, -0.15) is 0 Å². The summed E-state index contributed by atoms with van der Waals surface area (Å²) in [5.41, 5.74) is 0. The molecule has 31 heavy (non-hydrogen) atoms. The zero-order valence-corrected chi connectivity index (χ0v) is 27.1. The zero-order chi connectivity index (χ0) is 24.6. The molecule has 11 heteroatoms. The Morgan fingerprint density at radius 1 is 0.742 bits per heavy atom. The molecule has 6 nitrogen and oxygen atoms in total. The lowest BCUT2D eigenvalue weighted by atomic mass is 10.4. The molecule has 0 fully saturated rings. The Kier molecular flexibility index (Phi) is 12.6. The molecule has 0 spiro atoms. The predicted octanol–water partition coefficient (Wildman–Crippen LogP) is 6.06. The normalized spacial score (nSPS) is 13.9. The van der Waals surface area contributed by atoms with Gasteiger partial charge in [-0.25, -0.2) is 0 Å². The van der Waals surface area contributed by atoms with Crippen LogP contribution < -0.4 is 5.32 Å². The maximum absolute atomic E-state index is 11.3. The van der Waals surface area contributed by atoms with Crippen molar-refractivity contribution in [2.75, 3.05) is 6.54 Å². The molecular formula is C20H49NO5Si5. The fourth-order valence-electron chi connectivity index (χ4n) is 4.08. The summed E-state index contributed by atoms with van der Waals surface area (Å²) in [7, 11) is -10.7. The highest BCUT2D eigenvalue weighted by Crippen LogP contribution is 2.28. The molecular weight excluding hydrogens is 475 g/mol. The van der Waals surface area contributed by atoms with E-state index in [0.717, 1.165) is 12.5 Å². The number of carbonyl (C=O) groups is 1. The number of rotatable bonds is 16. The van der Waals surface area contributed by atoms with E-state index < -0.39 is 42.3 Å². The lowest BCUT2D eigenvalue weighted by molar-refractivity contribution is -0.116. The average molecular weight is 524 g/mol. The second kappa shape index (κ2) is 12.6.